The van der Waals surface area contributed by atoms with Crippen LogP contribution in [0.1, 0.15) is 28.3 Å². The molecule has 0 saturated heterocycles. The first-order valence-corrected chi connectivity index (χ1v) is 9.67. The lowest BCUT2D eigenvalue weighted by Crippen LogP contribution is -2.32. The van der Waals surface area contributed by atoms with Crippen molar-refractivity contribution in [1.29, 1.82) is 0 Å². The van der Waals surface area contributed by atoms with Crippen molar-refractivity contribution in [3.63, 3.8) is 0 Å². The smallest absolute Gasteiger partial charge is 0.328 e. The minimum atomic E-state index is -2.47. The molecular weight excluding hydrogens is 433 g/mol. The topological polar surface area (TPSA) is 165 Å². The van der Waals surface area contributed by atoms with Crippen LogP contribution in [-0.4, -0.2) is 58.4 Å². The molecule has 0 aromatic heterocycles. The van der Waals surface area contributed by atoms with Gasteiger partial charge in [0.15, 0.2) is 0 Å². The number of carbonyl (C=O) groups is 3. The third-order valence-corrected chi connectivity index (χ3v) is 4.23. The first-order valence-electron chi connectivity index (χ1n) is 11.2. The monoisotopic (exact) mass is 464 g/mol. The number of phenolic OH excluding ortho intramolecular Hbond substituents is 1. The highest BCUT2D eigenvalue weighted by molar-refractivity contribution is 5.89. The number of aliphatic carboxylic acids is 2. The van der Waals surface area contributed by atoms with Crippen LogP contribution in [0.4, 0.5) is 5.69 Å². The molecule has 0 aliphatic rings. The predicted molar refractivity (Wildman–Crippen MR) is 121 cm³/mol. The van der Waals surface area contributed by atoms with Crippen LogP contribution in [0.15, 0.2) is 54.6 Å². The Bertz CT molecular complexity index is 1030. The van der Waals surface area contributed by atoms with Gasteiger partial charge in [-0.2, -0.15) is 0 Å². The molecule has 0 heterocycles. The zero-order valence-electron chi connectivity index (χ0n) is 20.8. The lowest BCUT2D eigenvalue weighted by Gasteiger charge is -2.18. The summed E-state index contributed by atoms with van der Waals surface area (Å²) in [6.07, 6.45) is 1.43. The second kappa shape index (κ2) is 14.2. The fourth-order valence-corrected chi connectivity index (χ4v) is 2.63. The van der Waals surface area contributed by atoms with Crippen molar-refractivity contribution in [2.45, 2.75) is 25.5 Å². The number of methoxy groups -OCH3 is 1. The van der Waals surface area contributed by atoms with Crippen molar-refractivity contribution in [2.24, 2.45) is 0 Å². The average Bonchev–Trinajstić information content (AvgIpc) is 2.78. The number of carbonyl (C=O) groups excluding carboxylic acids is 1. The van der Waals surface area contributed by atoms with Crippen molar-refractivity contribution < 1.29 is 43.7 Å². The molecule has 2 rings (SSSR count). The Morgan fingerprint density at radius 2 is 1.76 bits per heavy atom. The lowest BCUT2D eigenvalue weighted by molar-refractivity contribution is -0.134. The summed E-state index contributed by atoms with van der Waals surface area (Å²) in [4.78, 5) is 29.7. The Morgan fingerprint density at radius 1 is 1.12 bits per heavy atom. The van der Waals surface area contributed by atoms with E-state index in [-0.39, 0.29) is 29.8 Å². The van der Waals surface area contributed by atoms with Crippen LogP contribution in [0.25, 0.3) is 0 Å². The highest BCUT2D eigenvalue weighted by Gasteiger charge is 2.12. The maximum Gasteiger partial charge on any atom is 0.328 e. The van der Waals surface area contributed by atoms with Crippen LogP contribution in [0.2, 0.25) is 0 Å². The molecule has 178 valence electrons. The third kappa shape index (κ3) is 10.8. The molecule has 6 N–H and O–H groups in total. The normalized spacial score (nSPS) is 13.9. The molecule has 0 aliphatic carbocycles. The first kappa shape index (κ1) is 22.3. The molecule has 2 atom stereocenters. The van der Waals surface area contributed by atoms with Crippen LogP contribution < -0.4 is 15.4 Å². The summed E-state index contributed by atoms with van der Waals surface area (Å²) in [7, 11) is -2.47. The van der Waals surface area contributed by atoms with Crippen molar-refractivity contribution in [3.8, 4) is 11.5 Å². The van der Waals surface area contributed by atoms with Crippen LogP contribution >= 0.6 is 0 Å². The van der Waals surface area contributed by atoms with E-state index in [1.807, 2.05) is 6.92 Å². The van der Waals surface area contributed by atoms with Crippen LogP contribution in [0, 0.1) is 0 Å². The molecule has 10 heteroatoms. The van der Waals surface area contributed by atoms with Gasteiger partial charge in [0, 0.05) is 24.7 Å². The van der Waals surface area contributed by atoms with Gasteiger partial charge in [-0.15, -0.1) is 0 Å². The molecule has 0 fully saturated rings. The molecule has 2 aromatic carbocycles. The van der Waals surface area contributed by atoms with E-state index in [9.17, 15) is 24.6 Å². The summed E-state index contributed by atoms with van der Waals surface area (Å²) >= 11 is 0. The fraction of sp³-hybridized carbons (Fsp3) is 0.261. The van der Waals surface area contributed by atoms with Crippen molar-refractivity contribution >= 4 is 24.0 Å². The standard InChI is InChI=1S/C19H24N2O4.C4H4O4/c1-13(9-14-3-6-16(25-2)7-4-14)20-11-19(24)15-5-8-18(23)17(10-15)21-12-22;5-3(6)1-2-4(7)8/h3-8,10,12-13,19-20,23-24H,9,11H2,1-2H3,(H,21,22);1-2H,(H,5,6)(H,7,8)/b;2-1+/t13-,19+;/m1./s1/i2+1D3;. The molecular formula is C23H28N2O8. The molecule has 33 heavy (non-hydrogen) atoms. The molecule has 0 radical (unpaired) electrons. The number of carboxylic acid groups (broad SMARTS) is 2. The number of aliphatic hydroxyl groups excluding tert-OH is 1. The molecule has 1 amide bonds. The summed E-state index contributed by atoms with van der Waals surface area (Å²) < 4.78 is 26.1. The van der Waals surface area contributed by atoms with Crippen molar-refractivity contribution in [3.05, 3.63) is 65.7 Å². The zero-order chi connectivity index (χ0) is 27.3. The van der Waals surface area contributed by atoms with Gasteiger partial charge in [0.25, 0.3) is 0 Å². The summed E-state index contributed by atoms with van der Waals surface area (Å²) in [5.41, 5.74) is 1.79. The van der Waals surface area contributed by atoms with Gasteiger partial charge in [-0.25, -0.2) is 9.59 Å². The number of anilines is 1. The number of amides is 1. The summed E-state index contributed by atoms with van der Waals surface area (Å²) in [6.45, 7) is 2.25. The van der Waals surface area contributed by atoms with E-state index in [0.717, 1.165) is 5.56 Å². The van der Waals surface area contributed by atoms with E-state index >= 15 is 0 Å². The number of aromatic hydroxyl groups is 1. The summed E-state index contributed by atoms with van der Waals surface area (Å²) in [5, 5.41) is 41.2. The fourth-order valence-electron chi connectivity index (χ4n) is 2.63. The van der Waals surface area contributed by atoms with Crippen LogP contribution in [0.5, 0.6) is 11.5 Å². The van der Waals surface area contributed by atoms with Gasteiger partial charge in [0.2, 0.25) is 6.41 Å². The van der Waals surface area contributed by atoms with Gasteiger partial charge in [-0.05, 0) is 48.7 Å². The van der Waals surface area contributed by atoms with Crippen molar-refractivity contribution in [2.75, 3.05) is 18.9 Å². The van der Waals surface area contributed by atoms with Gasteiger partial charge in [0.05, 0.1) is 22.9 Å². The van der Waals surface area contributed by atoms with E-state index in [2.05, 4.69) is 10.6 Å². The number of nitrogens with one attached hydrogen (secondary N) is 2. The lowest BCUT2D eigenvalue weighted by atomic mass is 10.1. The number of phenols is 1. The number of rotatable bonds is 11. The Balaban J connectivity index is 0.000000697. The minimum Gasteiger partial charge on any atom is -0.506 e. The number of hydrogen-bond acceptors (Lipinski definition) is 7. The maximum atomic E-state index is 10.6. The molecule has 10 nitrogen and oxygen atoms in total. The van der Waals surface area contributed by atoms with E-state index in [1.54, 1.807) is 30.3 Å². The van der Waals surface area contributed by atoms with Gasteiger partial charge in [-0.1, -0.05) is 18.2 Å². The highest BCUT2D eigenvalue weighted by Crippen LogP contribution is 2.26. The number of benzene rings is 2. The first-order chi connectivity index (χ1) is 16.8. The summed E-state index contributed by atoms with van der Waals surface area (Å²) in [5.74, 6) is -2.30. The molecule has 0 spiro atoms. The highest BCUT2D eigenvalue weighted by atomic mass is 16.5. The van der Waals surface area contributed by atoms with Gasteiger partial charge in [0.1, 0.15) is 11.5 Å². The Hall–Kier alpha value is -3.89. The van der Waals surface area contributed by atoms with E-state index in [0.29, 0.717) is 30.5 Å². The maximum absolute atomic E-state index is 10.6. The van der Waals surface area contributed by atoms with E-state index in [4.69, 9.17) is 19.1 Å². The Kier molecular flexibility index (Phi) is 9.62. The predicted octanol–water partition coefficient (Wildman–Crippen LogP) is 1.94. The molecule has 2 aromatic rings. The largest absolute Gasteiger partial charge is 0.506 e. The van der Waals surface area contributed by atoms with Gasteiger partial charge >= 0.3 is 11.9 Å². The molecule has 0 bridgehead atoms. The van der Waals surface area contributed by atoms with Gasteiger partial charge < -0.3 is 35.8 Å². The van der Waals surface area contributed by atoms with Crippen LogP contribution in [-0.2, 0) is 20.8 Å². The minimum absolute atomic E-state index is 0.0497. The summed E-state index contributed by atoms with van der Waals surface area (Å²) in [6, 6.07) is 11.4. The van der Waals surface area contributed by atoms with E-state index in [1.165, 1.54) is 12.1 Å². The molecule has 0 saturated carbocycles. The van der Waals surface area contributed by atoms with Gasteiger partial charge in [-0.3, -0.25) is 4.79 Å². The second-order valence-electron chi connectivity index (χ2n) is 6.82. The number of aliphatic hydroxyl groups is 1. The number of ether oxygens (including phenoxy) is 1. The average molecular weight is 464 g/mol. The third-order valence-electron chi connectivity index (χ3n) is 4.23. The SMILES string of the molecule is O=C(O)/C=C/C(=O)O.[2H][13C]([2H])([2H])Oc1ccc(C[C@@H](C)NC[C@H](O)c2ccc(O)c(NC=O)c2)cc1. The second-order valence-corrected chi connectivity index (χ2v) is 6.82. The number of hydrogen-bond donors (Lipinski definition) is 6. The van der Waals surface area contributed by atoms with Crippen molar-refractivity contribution in [1.82, 2.24) is 5.32 Å². The van der Waals surface area contributed by atoms with Crippen LogP contribution in [0.3, 0.4) is 0 Å². The quantitative estimate of drug-likeness (QED) is 0.126. The molecule has 0 unspecified atom stereocenters. The molecule has 0 aliphatic heterocycles. The Labute approximate surface area is 195 Å². The number of carboxylic acids is 2. The Morgan fingerprint density at radius 3 is 2.30 bits per heavy atom. The van der Waals surface area contributed by atoms with E-state index < -0.39 is 25.1 Å². The zero-order valence-corrected chi connectivity index (χ0v) is 17.8.